The Morgan fingerprint density at radius 2 is 1.86 bits per heavy atom. The third-order valence-corrected chi connectivity index (χ3v) is 6.09. The normalized spacial score (nSPS) is 23.9. The van der Waals surface area contributed by atoms with Crippen LogP contribution in [0.2, 0.25) is 0 Å². The summed E-state index contributed by atoms with van der Waals surface area (Å²) in [6.45, 7) is 4.24. The summed E-state index contributed by atoms with van der Waals surface area (Å²) >= 11 is 0. The van der Waals surface area contributed by atoms with Crippen molar-refractivity contribution in [3.63, 3.8) is 0 Å². The molecule has 0 bridgehead atoms. The van der Waals surface area contributed by atoms with Gasteiger partial charge in [-0.3, -0.25) is 4.79 Å². The summed E-state index contributed by atoms with van der Waals surface area (Å²) in [6.07, 6.45) is 4.20. The molecule has 22 heavy (non-hydrogen) atoms. The molecule has 5 nitrogen and oxygen atoms in total. The number of carbonyl (C=O) groups excluding carboxylic acids is 1. The van der Waals surface area contributed by atoms with Crippen LogP contribution in [0.15, 0.2) is 23.1 Å². The average molecular weight is 322 g/mol. The molecule has 1 aliphatic carbocycles. The molecule has 1 aromatic rings. The van der Waals surface area contributed by atoms with Crippen LogP contribution < -0.4 is 10.0 Å². The highest BCUT2D eigenvalue weighted by Gasteiger charge is 2.43. The van der Waals surface area contributed by atoms with E-state index >= 15 is 0 Å². The van der Waals surface area contributed by atoms with E-state index in [-0.39, 0.29) is 10.8 Å². The summed E-state index contributed by atoms with van der Waals surface area (Å²) in [5, 5.41) is 2.72. The first-order chi connectivity index (χ1) is 10.3. The standard InChI is InChI=1S/C16H22N2O3S/c1-16(2)10-17-15(19)14(16)18-22(20,21)13-8-7-11-5-3-4-6-12(11)9-13/h7-9,14,18H,3-6,10H2,1-2H3,(H,17,19). The quantitative estimate of drug-likeness (QED) is 0.882. The van der Waals surface area contributed by atoms with Gasteiger partial charge in [-0.2, -0.15) is 4.72 Å². The predicted molar refractivity (Wildman–Crippen MR) is 84.0 cm³/mol. The van der Waals surface area contributed by atoms with Crippen LogP contribution in [-0.2, 0) is 27.7 Å². The zero-order valence-electron chi connectivity index (χ0n) is 13.0. The van der Waals surface area contributed by atoms with Crippen molar-refractivity contribution in [3.8, 4) is 0 Å². The van der Waals surface area contributed by atoms with Crippen LogP contribution >= 0.6 is 0 Å². The minimum atomic E-state index is -3.69. The Morgan fingerprint density at radius 3 is 2.50 bits per heavy atom. The highest BCUT2D eigenvalue weighted by molar-refractivity contribution is 7.89. The van der Waals surface area contributed by atoms with Crippen molar-refractivity contribution in [2.45, 2.75) is 50.5 Å². The largest absolute Gasteiger partial charge is 0.354 e. The molecule has 1 saturated heterocycles. The van der Waals surface area contributed by atoms with Gasteiger partial charge in [0.05, 0.1) is 4.90 Å². The maximum absolute atomic E-state index is 12.6. The van der Waals surface area contributed by atoms with Gasteiger partial charge in [-0.1, -0.05) is 19.9 Å². The molecule has 1 heterocycles. The second-order valence-electron chi connectivity index (χ2n) is 6.90. The van der Waals surface area contributed by atoms with Crippen LogP contribution in [0.25, 0.3) is 0 Å². The van der Waals surface area contributed by atoms with E-state index in [1.807, 2.05) is 19.9 Å². The zero-order chi connectivity index (χ0) is 16.0. The fourth-order valence-electron chi connectivity index (χ4n) is 3.19. The van der Waals surface area contributed by atoms with Crippen molar-refractivity contribution < 1.29 is 13.2 Å². The number of hydrogen-bond acceptors (Lipinski definition) is 3. The van der Waals surface area contributed by atoms with Crippen LogP contribution in [0.5, 0.6) is 0 Å². The Kier molecular flexibility index (Phi) is 3.77. The molecule has 0 radical (unpaired) electrons. The van der Waals surface area contributed by atoms with Gasteiger partial charge in [0.1, 0.15) is 6.04 Å². The summed E-state index contributed by atoms with van der Waals surface area (Å²) in [6, 6.07) is 4.58. The molecule has 1 fully saturated rings. The molecular weight excluding hydrogens is 300 g/mol. The summed E-state index contributed by atoms with van der Waals surface area (Å²) in [4.78, 5) is 12.1. The number of aryl methyl sites for hydroxylation is 2. The van der Waals surface area contributed by atoms with Crippen LogP contribution in [-0.4, -0.2) is 26.9 Å². The lowest BCUT2D eigenvalue weighted by molar-refractivity contribution is -0.121. The Labute approximate surface area is 131 Å². The topological polar surface area (TPSA) is 75.3 Å². The molecule has 120 valence electrons. The smallest absolute Gasteiger partial charge is 0.241 e. The number of rotatable bonds is 3. The first kappa shape index (κ1) is 15.5. The molecule has 1 unspecified atom stereocenters. The molecule has 1 aliphatic heterocycles. The molecular formula is C16H22N2O3S. The molecule has 0 saturated carbocycles. The second kappa shape index (κ2) is 5.35. The van der Waals surface area contributed by atoms with E-state index in [1.54, 1.807) is 12.1 Å². The van der Waals surface area contributed by atoms with Crippen molar-refractivity contribution in [2.75, 3.05) is 6.54 Å². The number of sulfonamides is 1. The third kappa shape index (κ3) is 2.77. The molecule has 6 heteroatoms. The van der Waals surface area contributed by atoms with Crippen LogP contribution in [0.1, 0.15) is 37.8 Å². The van der Waals surface area contributed by atoms with Gasteiger partial charge in [0.2, 0.25) is 15.9 Å². The molecule has 2 N–H and O–H groups in total. The van der Waals surface area contributed by atoms with E-state index in [0.29, 0.717) is 6.54 Å². The van der Waals surface area contributed by atoms with Crippen LogP contribution in [0, 0.1) is 5.41 Å². The van der Waals surface area contributed by atoms with Crippen molar-refractivity contribution in [3.05, 3.63) is 29.3 Å². The Balaban J connectivity index is 1.88. The Morgan fingerprint density at radius 1 is 1.18 bits per heavy atom. The molecule has 1 atom stereocenters. The van der Waals surface area contributed by atoms with Gasteiger partial charge in [0.15, 0.2) is 0 Å². The lowest BCUT2D eigenvalue weighted by atomic mass is 9.88. The minimum Gasteiger partial charge on any atom is -0.354 e. The molecule has 2 aliphatic rings. The van der Waals surface area contributed by atoms with Gasteiger partial charge in [-0.15, -0.1) is 0 Å². The monoisotopic (exact) mass is 322 g/mol. The maximum atomic E-state index is 12.6. The van der Waals surface area contributed by atoms with Crippen molar-refractivity contribution in [2.24, 2.45) is 5.41 Å². The van der Waals surface area contributed by atoms with Gasteiger partial charge in [0.25, 0.3) is 0 Å². The van der Waals surface area contributed by atoms with Crippen molar-refractivity contribution in [1.29, 1.82) is 0 Å². The van der Waals surface area contributed by atoms with Crippen LogP contribution in [0.3, 0.4) is 0 Å². The Bertz CT molecular complexity index is 710. The highest BCUT2D eigenvalue weighted by Crippen LogP contribution is 2.28. The fraction of sp³-hybridized carbons (Fsp3) is 0.562. The third-order valence-electron chi connectivity index (χ3n) is 4.67. The van der Waals surface area contributed by atoms with E-state index in [2.05, 4.69) is 10.0 Å². The van der Waals surface area contributed by atoms with Gasteiger partial charge >= 0.3 is 0 Å². The predicted octanol–water partition coefficient (Wildman–Crippen LogP) is 1.37. The molecule has 1 amide bonds. The van der Waals surface area contributed by atoms with Gasteiger partial charge < -0.3 is 5.32 Å². The summed E-state index contributed by atoms with van der Waals surface area (Å²) in [5.41, 5.74) is 1.92. The van der Waals surface area contributed by atoms with E-state index in [0.717, 1.165) is 31.2 Å². The number of nitrogens with one attached hydrogen (secondary N) is 2. The second-order valence-corrected chi connectivity index (χ2v) is 8.61. The number of carbonyl (C=O) groups is 1. The van der Waals surface area contributed by atoms with E-state index in [4.69, 9.17) is 0 Å². The van der Waals surface area contributed by atoms with Crippen LogP contribution in [0.4, 0.5) is 0 Å². The SMILES string of the molecule is CC1(C)CNC(=O)C1NS(=O)(=O)c1ccc2c(c1)CCCC2. The first-order valence-corrected chi connectivity index (χ1v) is 9.20. The van der Waals surface area contributed by atoms with E-state index < -0.39 is 21.5 Å². The molecule has 3 rings (SSSR count). The number of hydrogen-bond donors (Lipinski definition) is 2. The summed E-state index contributed by atoms with van der Waals surface area (Å²) < 4.78 is 27.8. The lowest BCUT2D eigenvalue weighted by Gasteiger charge is -2.24. The summed E-state index contributed by atoms with van der Waals surface area (Å²) in [5.74, 6) is -0.258. The maximum Gasteiger partial charge on any atom is 0.241 e. The van der Waals surface area contributed by atoms with Gasteiger partial charge in [-0.25, -0.2) is 8.42 Å². The number of fused-ring (bicyclic) bond motifs is 1. The summed E-state index contributed by atoms with van der Waals surface area (Å²) in [7, 11) is -3.69. The average Bonchev–Trinajstić information content (AvgIpc) is 2.73. The zero-order valence-corrected chi connectivity index (χ0v) is 13.8. The molecule has 0 spiro atoms. The van der Waals surface area contributed by atoms with Crippen molar-refractivity contribution >= 4 is 15.9 Å². The minimum absolute atomic E-state index is 0.253. The first-order valence-electron chi connectivity index (χ1n) is 7.71. The number of amides is 1. The van der Waals surface area contributed by atoms with Gasteiger partial charge in [0, 0.05) is 12.0 Å². The highest BCUT2D eigenvalue weighted by atomic mass is 32.2. The van der Waals surface area contributed by atoms with E-state index in [1.165, 1.54) is 5.56 Å². The van der Waals surface area contributed by atoms with Crippen molar-refractivity contribution in [1.82, 2.24) is 10.0 Å². The fourth-order valence-corrected chi connectivity index (χ4v) is 4.60. The molecule has 0 aromatic heterocycles. The van der Waals surface area contributed by atoms with Gasteiger partial charge in [-0.05, 0) is 48.9 Å². The molecule has 1 aromatic carbocycles. The Hall–Kier alpha value is -1.40. The number of benzene rings is 1. The lowest BCUT2D eigenvalue weighted by Crippen LogP contribution is -2.46. The van der Waals surface area contributed by atoms with E-state index in [9.17, 15) is 13.2 Å².